The van der Waals surface area contributed by atoms with Gasteiger partial charge in [-0.1, -0.05) is 6.07 Å². The number of alkyl halides is 2. The number of aliphatic hydroxyl groups excluding tert-OH is 1. The number of rotatable bonds is 2. The van der Waals surface area contributed by atoms with Crippen molar-refractivity contribution < 1.29 is 13.9 Å². The van der Waals surface area contributed by atoms with E-state index in [2.05, 4.69) is 4.98 Å². The molecule has 0 aliphatic rings. The molecule has 2 nitrogen and oxygen atoms in total. The highest BCUT2D eigenvalue weighted by atomic mass is 19.3. The van der Waals surface area contributed by atoms with E-state index >= 15 is 0 Å². The quantitative estimate of drug-likeness (QED) is 0.734. The topological polar surface area (TPSA) is 33.1 Å². The Balaban J connectivity index is 3.03. The Bertz CT molecular complexity index is 276. The third kappa shape index (κ3) is 1.76. The Labute approximate surface area is 68.9 Å². The van der Waals surface area contributed by atoms with Crippen molar-refractivity contribution in [3.05, 3.63) is 29.6 Å². The zero-order valence-corrected chi connectivity index (χ0v) is 6.59. The first-order valence-corrected chi connectivity index (χ1v) is 3.49. The van der Waals surface area contributed by atoms with Crippen molar-refractivity contribution >= 4 is 0 Å². The maximum Gasteiger partial charge on any atom is 0.312 e. The Kier molecular flexibility index (Phi) is 2.38. The molecule has 0 radical (unpaired) electrons. The molecule has 1 aromatic rings. The summed E-state index contributed by atoms with van der Waals surface area (Å²) in [6.07, 6.45) is 0. The van der Waals surface area contributed by atoms with Crippen LogP contribution in [0.15, 0.2) is 18.2 Å². The molecule has 0 fully saturated rings. The first kappa shape index (κ1) is 9.06. The van der Waals surface area contributed by atoms with E-state index in [1.165, 1.54) is 12.1 Å². The summed E-state index contributed by atoms with van der Waals surface area (Å²) in [6, 6.07) is 4.31. The van der Waals surface area contributed by atoms with Crippen LogP contribution in [0.4, 0.5) is 8.78 Å². The number of hydrogen-bond acceptors (Lipinski definition) is 2. The van der Waals surface area contributed by atoms with E-state index in [0.717, 1.165) is 0 Å². The van der Waals surface area contributed by atoms with Crippen molar-refractivity contribution in [2.24, 2.45) is 0 Å². The summed E-state index contributed by atoms with van der Waals surface area (Å²) < 4.78 is 25.5. The summed E-state index contributed by atoms with van der Waals surface area (Å²) in [4.78, 5) is 3.61. The fourth-order valence-corrected chi connectivity index (χ4v) is 0.828. The number of aliphatic hydroxyl groups is 1. The van der Waals surface area contributed by atoms with Gasteiger partial charge in [0, 0.05) is 5.69 Å². The molecule has 1 heterocycles. The van der Waals surface area contributed by atoms with E-state index in [1.807, 2.05) is 0 Å². The van der Waals surface area contributed by atoms with Crippen molar-refractivity contribution in [1.82, 2.24) is 4.98 Å². The van der Waals surface area contributed by atoms with Crippen molar-refractivity contribution in [3.63, 3.8) is 0 Å². The van der Waals surface area contributed by atoms with Crippen LogP contribution in [0.1, 0.15) is 11.4 Å². The van der Waals surface area contributed by atoms with E-state index in [0.29, 0.717) is 5.69 Å². The summed E-state index contributed by atoms with van der Waals surface area (Å²) >= 11 is 0. The number of aryl methyl sites for hydroxylation is 1. The van der Waals surface area contributed by atoms with Crippen molar-refractivity contribution in [2.75, 3.05) is 6.61 Å². The Morgan fingerprint density at radius 3 is 2.67 bits per heavy atom. The molecule has 1 N–H and O–H groups in total. The maximum atomic E-state index is 12.8. The standard InChI is InChI=1S/C8H9F2NO/c1-6-3-2-4-7(11-6)8(9,10)5-12/h2-4,12H,5H2,1H3. The van der Waals surface area contributed by atoms with Crippen LogP contribution in [0.3, 0.4) is 0 Å². The molecule has 12 heavy (non-hydrogen) atoms. The van der Waals surface area contributed by atoms with Crippen LogP contribution in [0.5, 0.6) is 0 Å². The van der Waals surface area contributed by atoms with Crippen LogP contribution in [0.25, 0.3) is 0 Å². The molecule has 0 atom stereocenters. The van der Waals surface area contributed by atoms with Crippen molar-refractivity contribution in [1.29, 1.82) is 0 Å². The molecule has 0 saturated heterocycles. The molecule has 0 aliphatic heterocycles. The smallest absolute Gasteiger partial charge is 0.312 e. The Morgan fingerprint density at radius 2 is 2.17 bits per heavy atom. The van der Waals surface area contributed by atoms with Crippen LogP contribution < -0.4 is 0 Å². The van der Waals surface area contributed by atoms with Gasteiger partial charge < -0.3 is 5.11 Å². The lowest BCUT2D eigenvalue weighted by Gasteiger charge is -2.12. The molecule has 1 aromatic heterocycles. The molecule has 0 spiro atoms. The summed E-state index contributed by atoms with van der Waals surface area (Å²) in [6.45, 7) is 0.417. The number of halogens is 2. The molecule has 0 bridgehead atoms. The highest BCUT2D eigenvalue weighted by Crippen LogP contribution is 2.24. The predicted octanol–water partition coefficient (Wildman–Crippen LogP) is 1.47. The van der Waals surface area contributed by atoms with Gasteiger partial charge in [0.2, 0.25) is 0 Å². The molecule has 0 amide bonds. The number of hydrogen-bond donors (Lipinski definition) is 1. The minimum absolute atomic E-state index is 0.384. The monoisotopic (exact) mass is 173 g/mol. The van der Waals surface area contributed by atoms with Gasteiger partial charge in [-0.15, -0.1) is 0 Å². The van der Waals surface area contributed by atoms with Gasteiger partial charge in [-0.3, -0.25) is 4.98 Å². The molecule has 66 valence electrons. The number of aromatic nitrogens is 1. The lowest BCUT2D eigenvalue weighted by atomic mass is 10.2. The van der Waals surface area contributed by atoms with Crippen LogP contribution >= 0.6 is 0 Å². The first-order valence-electron chi connectivity index (χ1n) is 3.49. The number of nitrogens with zero attached hydrogens (tertiary/aromatic N) is 1. The first-order chi connectivity index (χ1) is 5.56. The van der Waals surface area contributed by atoms with Crippen LogP contribution in [-0.4, -0.2) is 16.7 Å². The number of pyridine rings is 1. The Morgan fingerprint density at radius 1 is 1.50 bits per heavy atom. The van der Waals surface area contributed by atoms with Gasteiger partial charge in [0.1, 0.15) is 12.3 Å². The molecular formula is C8H9F2NO. The summed E-state index contributed by atoms with van der Waals surface area (Å²) in [5.74, 6) is -3.23. The second-order valence-corrected chi connectivity index (χ2v) is 2.53. The van der Waals surface area contributed by atoms with Gasteiger partial charge in [-0.25, -0.2) is 0 Å². The summed E-state index contributed by atoms with van der Waals surface area (Å²) in [7, 11) is 0. The molecule has 0 aromatic carbocycles. The minimum atomic E-state index is -3.23. The molecule has 4 heteroatoms. The summed E-state index contributed by atoms with van der Waals surface area (Å²) in [5.41, 5.74) is 0.130. The van der Waals surface area contributed by atoms with Crippen LogP contribution in [0.2, 0.25) is 0 Å². The van der Waals surface area contributed by atoms with E-state index in [1.54, 1.807) is 13.0 Å². The second-order valence-electron chi connectivity index (χ2n) is 2.53. The fourth-order valence-electron chi connectivity index (χ4n) is 0.828. The third-order valence-corrected chi connectivity index (χ3v) is 1.46. The molecule has 0 unspecified atom stereocenters. The van der Waals surface area contributed by atoms with Gasteiger partial charge in [0.25, 0.3) is 0 Å². The zero-order valence-electron chi connectivity index (χ0n) is 6.59. The highest BCUT2D eigenvalue weighted by Gasteiger charge is 2.31. The van der Waals surface area contributed by atoms with Crippen molar-refractivity contribution in [2.45, 2.75) is 12.8 Å². The molecule has 1 rings (SSSR count). The Hall–Kier alpha value is -1.03. The SMILES string of the molecule is Cc1cccc(C(F)(F)CO)n1. The molecule has 0 aliphatic carbocycles. The largest absolute Gasteiger partial charge is 0.390 e. The second kappa shape index (κ2) is 3.15. The highest BCUT2D eigenvalue weighted by molar-refractivity contribution is 5.14. The average Bonchev–Trinajstić information content (AvgIpc) is 2.05. The maximum absolute atomic E-state index is 12.8. The van der Waals surface area contributed by atoms with E-state index < -0.39 is 12.5 Å². The predicted molar refractivity (Wildman–Crippen MR) is 40.0 cm³/mol. The lowest BCUT2D eigenvalue weighted by Crippen LogP contribution is -2.20. The molecule has 0 saturated carbocycles. The normalized spacial score (nSPS) is 11.7. The van der Waals surface area contributed by atoms with Gasteiger partial charge in [0.05, 0.1) is 0 Å². The fraction of sp³-hybridized carbons (Fsp3) is 0.375. The van der Waals surface area contributed by atoms with Crippen molar-refractivity contribution in [3.8, 4) is 0 Å². The third-order valence-electron chi connectivity index (χ3n) is 1.46. The molecular weight excluding hydrogens is 164 g/mol. The minimum Gasteiger partial charge on any atom is -0.390 e. The van der Waals surface area contributed by atoms with E-state index in [9.17, 15) is 8.78 Å². The average molecular weight is 173 g/mol. The van der Waals surface area contributed by atoms with Crippen LogP contribution in [-0.2, 0) is 5.92 Å². The van der Waals surface area contributed by atoms with Gasteiger partial charge >= 0.3 is 5.92 Å². The summed E-state index contributed by atoms with van der Waals surface area (Å²) in [5, 5.41) is 8.35. The van der Waals surface area contributed by atoms with Gasteiger partial charge in [0.15, 0.2) is 0 Å². The zero-order chi connectivity index (χ0) is 9.19. The van der Waals surface area contributed by atoms with Gasteiger partial charge in [-0.05, 0) is 19.1 Å². The van der Waals surface area contributed by atoms with E-state index in [4.69, 9.17) is 5.11 Å². The lowest BCUT2D eigenvalue weighted by molar-refractivity contribution is -0.0593. The van der Waals surface area contributed by atoms with Gasteiger partial charge in [-0.2, -0.15) is 8.78 Å². The van der Waals surface area contributed by atoms with Crippen LogP contribution in [0, 0.1) is 6.92 Å². The van der Waals surface area contributed by atoms with E-state index in [-0.39, 0.29) is 5.69 Å².